The minimum atomic E-state index is 0.140. The summed E-state index contributed by atoms with van der Waals surface area (Å²) in [5.41, 5.74) is 3.53. The Kier molecular flexibility index (Phi) is 3.05. The molecular weight excluding hydrogens is 300 g/mol. The molecule has 1 saturated carbocycles. The zero-order valence-electron chi connectivity index (χ0n) is 11.3. The molecule has 1 aliphatic carbocycles. The van der Waals surface area contributed by atoms with Crippen molar-refractivity contribution in [1.29, 1.82) is 0 Å². The predicted octanol–water partition coefficient (Wildman–Crippen LogP) is 4.94. The first-order valence-electron chi connectivity index (χ1n) is 6.91. The highest BCUT2D eigenvalue weighted by atomic mass is 35.5. The molecule has 0 aliphatic heterocycles. The van der Waals surface area contributed by atoms with Gasteiger partial charge in [-0.3, -0.25) is 0 Å². The normalized spacial score (nSPS) is 15.9. The quantitative estimate of drug-likeness (QED) is 0.640. The summed E-state index contributed by atoms with van der Waals surface area (Å²) in [6, 6.07) is 14.5. The number of rotatable bonds is 3. The van der Waals surface area contributed by atoms with E-state index in [1.165, 1.54) is 23.4 Å². The minimum Gasteiger partial charge on any atom is -0.245 e. The van der Waals surface area contributed by atoms with Crippen LogP contribution in [0.2, 0.25) is 5.15 Å². The Morgan fingerprint density at radius 3 is 2.62 bits per heavy atom. The van der Waals surface area contributed by atoms with Gasteiger partial charge < -0.3 is 0 Å². The molecule has 2 nitrogen and oxygen atoms in total. The second-order valence-corrected chi connectivity index (χ2v) is 6.60. The Balaban J connectivity index is 1.72. The van der Waals surface area contributed by atoms with Crippen molar-refractivity contribution >= 4 is 22.9 Å². The lowest BCUT2D eigenvalue weighted by Gasteiger charge is -2.12. The van der Waals surface area contributed by atoms with Crippen LogP contribution in [0.3, 0.4) is 0 Å². The first kappa shape index (κ1) is 13.0. The van der Waals surface area contributed by atoms with Crippen LogP contribution in [-0.2, 0) is 5.41 Å². The van der Waals surface area contributed by atoms with Crippen molar-refractivity contribution in [2.24, 2.45) is 0 Å². The Morgan fingerprint density at radius 2 is 1.90 bits per heavy atom. The second-order valence-electron chi connectivity index (χ2n) is 5.35. The monoisotopic (exact) mass is 312 g/mol. The molecule has 1 aliphatic rings. The average Bonchev–Trinajstić information content (AvgIpc) is 3.18. The van der Waals surface area contributed by atoms with E-state index in [1.54, 1.807) is 17.5 Å². The molecule has 21 heavy (non-hydrogen) atoms. The fourth-order valence-electron chi connectivity index (χ4n) is 2.70. The molecule has 3 aromatic rings. The van der Waals surface area contributed by atoms with Crippen molar-refractivity contribution in [2.75, 3.05) is 0 Å². The van der Waals surface area contributed by atoms with Gasteiger partial charge in [-0.1, -0.05) is 41.9 Å². The first-order chi connectivity index (χ1) is 10.3. The van der Waals surface area contributed by atoms with Gasteiger partial charge >= 0.3 is 0 Å². The van der Waals surface area contributed by atoms with Gasteiger partial charge in [0, 0.05) is 22.6 Å². The molecule has 2 aromatic heterocycles. The summed E-state index contributed by atoms with van der Waals surface area (Å²) in [5.74, 6) is 0. The fraction of sp³-hybridized carbons (Fsp3) is 0.176. The Labute approximate surface area is 132 Å². The molecule has 0 atom stereocenters. The topological polar surface area (TPSA) is 25.8 Å². The van der Waals surface area contributed by atoms with Crippen molar-refractivity contribution in [3.8, 4) is 11.3 Å². The summed E-state index contributed by atoms with van der Waals surface area (Å²) < 4.78 is 0. The fourth-order valence-corrected chi connectivity index (χ4v) is 3.98. The van der Waals surface area contributed by atoms with E-state index in [0.29, 0.717) is 5.15 Å². The smallest absolute Gasteiger partial charge is 0.129 e. The highest BCUT2D eigenvalue weighted by Crippen LogP contribution is 2.54. The van der Waals surface area contributed by atoms with E-state index >= 15 is 0 Å². The zero-order valence-corrected chi connectivity index (χ0v) is 12.9. The lowest BCUT2D eigenvalue weighted by Crippen LogP contribution is -2.07. The lowest BCUT2D eigenvalue weighted by atomic mass is 9.97. The van der Waals surface area contributed by atoms with E-state index < -0.39 is 0 Å². The van der Waals surface area contributed by atoms with Gasteiger partial charge in [-0.25, -0.2) is 9.97 Å². The van der Waals surface area contributed by atoms with Crippen LogP contribution in [0.15, 0.2) is 54.0 Å². The molecule has 4 heteroatoms. The van der Waals surface area contributed by atoms with Gasteiger partial charge in [-0.05, 0) is 30.5 Å². The van der Waals surface area contributed by atoms with Gasteiger partial charge in [0.25, 0.3) is 0 Å². The van der Waals surface area contributed by atoms with E-state index in [4.69, 9.17) is 16.6 Å². The number of nitrogens with zero attached hydrogens (tertiary/aromatic N) is 2. The number of thiazole rings is 1. The number of aromatic nitrogens is 2. The molecular formula is C17H13ClN2S. The molecule has 0 bridgehead atoms. The Bertz CT molecular complexity index is 778. The summed E-state index contributed by atoms with van der Waals surface area (Å²) in [4.78, 5) is 8.89. The number of hydrogen-bond acceptors (Lipinski definition) is 3. The maximum atomic E-state index is 5.96. The molecule has 4 rings (SSSR count). The molecule has 1 aromatic carbocycles. The van der Waals surface area contributed by atoms with Crippen LogP contribution in [0, 0.1) is 0 Å². The SMILES string of the molecule is Clc1cc(-c2csc(C3(c4ccccc4)CC3)n2)ccn1. The minimum absolute atomic E-state index is 0.140. The van der Waals surface area contributed by atoms with Crippen LogP contribution in [0.5, 0.6) is 0 Å². The summed E-state index contributed by atoms with van der Waals surface area (Å²) in [6.45, 7) is 0. The summed E-state index contributed by atoms with van der Waals surface area (Å²) >= 11 is 7.70. The van der Waals surface area contributed by atoms with Crippen LogP contribution < -0.4 is 0 Å². The van der Waals surface area contributed by atoms with Gasteiger partial charge in [0.1, 0.15) is 10.2 Å². The van der Waals surface area contributed by atoms with Crippen LogP contribution in [0.25, 0.3) is 11.3 Å². The third kappa shape index (κ3) is 2.27. The molecule has 0 saturated heterocycles. The second kappa shape index (κ2) is 4.93. The van der Waals surface area contributed by atoms with Crippen LogP contribution >= 0.6 is 22.9 Å². The van der Waals surface area contributed by atoms with Gasteiger partial charge in [0.05, 0.1) is 5.69 Å². The average molecular weight is 313 g/mol. The molecule has 0 amide bonds. The summed E-state index contributed by atoms with van der Waals surface area (Å²) in [6.07, 6.45) is 4.09. The predicted molar refractivity (Wildman–Crippen MR) is 86.8 cm³/mol. The first-order valence-corrected chi connectivity index (χ1v) is 8.17. The Morgan fingerprint density at radius 1 is 1.10 bits per heavy atom. The molecule has 0 unspecified atom stereocenters. The van der Waals surface area contributed by atoms with Gasteiger partial charge in [0.15, 0.2) is 0 Å². The number of pyridine rings is 1. The van der Waals surface area contributed by atoms with Crippen molar-refractivity contribution in [3.63, 3.8) is 0 Å². The maximum Gasteiger partial charge on any atom is 0.129 e. The summed E-state index contributed by atoms with van der Waals surface area (Å²) in [5, 5.41) is 3.83. The molecule has 1 fully saturated rings. The van der Waals surface area contributed by atoms with E-state index in [-0.39, 0.29) is 5.41 Å². The van der Waals surface area contributed by atoms with Crippen molar-refractivity contribution in [1.82, 2.24) is 9.97 Å². The molecule has 104 valence electrons. The number of hydrogen-bond donors (Lipinski definition) is 0. The number of benzene rings is 1. The molecule has 0 radical (unpaired) electrons. The highest BCUT2D eigenvalue weighted by Gasteiger charge is 2.48. The largest absolute Gasteiger partial charge is 0.245 e. The van der Waals surface area contributed by atoms with Crippen LogP contribution in [-0.4, -0.2) is 9.97 Å². The van der Waals surface area contributed by atoms with Crippen LogP contribution in [0.1, 0.15) is 23.4 Å². The van der Waals surface area contributed by atoms with Gasteiger partial charge in [0.2, 0.25) is 0 Å². The van der Waals surface area contributed by atoms with E-state index in [2.05, 4.69) is 40.7 Å². The molecule has 2 heterocycles. The van der Waals surface area contributed by atoms with Crippen LogP contribution in [0.4, 0.5) is 0 Å². The van der Waals surface area contributed by atoms with E-state index in [9.17, 15) is 0 Å². The summed E-state index contributed by atoms with van der Waals surface area (Å²) in [7, 11) is 0. The maximum absolute atomic E-state index is 5.96. The lowest BCUT2D eigenvalue weighted by molar-refractivity contribution is 0.834. The van der Waals surface area contributed by atoms with Crippen molar-refractivity contribution in [3.05, 3.63) is 69.8 Å². The molecule has 0 spiro atoms. The number of halogens is 1. The van der Waals surface area contributed by atoms with E-state index in [1.807, 2.05) is 12.1 Å². The standard InChI is InChI=1S/C17H13ClN2S/c18-15-10-12(6-9-19-15)14-11-21-16(20-14)17(7-8-17)13-4-2-1-3-5-13/h1-6,9-11H,7-8H2. The van der Waals surface area contributed by atoms with Crippen molar-refractivity contribution in [2.45, 2.75) is 18.3 Å². The Hall–Kier alpha value is -1.71. The van der Waals surface area contributed by atoms with Gasteiger partial charge in [-0.2, -0.15) is 0 Å². The van der Waals surface area contributed by atoms with Crippen molar-refractivity contribution < 1.29 is 0 Å². The molecule has 0 N–H and O–H groups in total. The highest BCUT2D eigenvalue weighted by molar-refractivity contribution is 7.10. The van der Waals surface area contributed by atoms with Gasteiger partial charge in [-0.15, -0.1) is 11.3 Å². The third-order valence-corrected chi connectivity index (χ3v) is 5.27. The zero-order chi connectivity index (χ0) is 14.3. The third-order valence-electron chi connectivity index (χ3n) is 4.01. The van der Waals surface area contributed by atoms with E-state index in [0.717, 1.165) is 11.3 Å².